The molecule has 0 saturated heterocycles. The van der Waals surface area contributed by atoms with Gasteiger partial charge in [0, 0.05) is 18.6 Å². The van der Waals surface area contributed by atoms with Crippen LogP contribution in [0.1, 0.15) is 36.9 Å². The van der Waals surface area contributed by atoms with Crippen molar-refractivity contribution in [3.63, 3.8) is 0 Å². The molecule has 19 heavy (non-hydrogen) atoms. The lowest BCUT2D eigenvalue weighted by atomic mass is 9.95. The molecule has 1 saturated carbocycles. The molecule has 1 aromatic rings. The van der Waals surface area contributed by atoms with Crippen LogP contribution >= 0.6 is 0 Å². The smallest absolute Gasteiger partial charge is 0.127 e. The molecule has 1 aliphatic carbocycles. The molecule has 0 amide bonds. The van der Waals surface area contributed by atoms with E-state index in [9.17, 15) is 0 Å². The van der Waals surface area contributed by atoms with Gasteiger partial charge in [0.25, 0.3) is 0 Å². The Bertz CT molecular complexity index is 442. The zero-order valence-electron chi connectivity index (χ0n) is 11.8. The first-order valence-electron chi connectivity index (χ1n) is 7.38. The molecule has 2 unspecified atom stereocenters. The molecule has 3 heteroatoms. The van der Waals surface area contributed by atoms with E-state index >= 15 is 0 Å². The number of hydrogen-bond donors (Lipinski definition) is 1. The summed E-state index contributed by atoms with van der Waals surface area (Å²) >= 11 is 0. The Morgan fingerprint density at radius 2 is 2.26 bits per heavy atom. The average molecular weight is 261 g/mol. The molecule has 1 aromatic carbocycles. The van der Waals surface area contributed by atoms with Crippen LogP contribution in [0.15, 0.2) is 18.2 Å². The SMILES string of the molecule is CCOC(C1CC1)C(NC)c1cccc2c1OCC2. The minimum atomic E-state index is 0.237. The van der Waals surface area contributed by atoms with E-state index in [1.54, 1.807) is 0 Å². The summed E-state index contributed by atoms with van der Waals surface area (Å²) < 4.78 is 11.9. The first kappa shape index (κ1) is 12.9. The summed E-state index contributed by atoms with van der Waals surface area (Å²) in [5.41, 5.74) is 2.60. The molecule has 104 valence electrons. The maximum absolute atomic E-state index is 6.02. The highest BCUT2D eigenvalue weighted by atomic mass is 16.5. The van der Waals surface area contributed by atoms with Crippen molar-refractivity contribution in [1.29, 1.82) is 0 Å². The highest BCUT2D eigenvalue weighted by Gasteiger charge is 2.38. The van der Waals surface area contributed by atoms with Gasteiger partial charge in [-0.25, -0.2) is 0 Å². The van der Waals surface area contributed by atoms with E-state index in [0.717, 1.165) is 25.4 Å². The van der Waals surface area contributed by atoms with E-state index in [2.05, 4.69) is 30.4 Å². The molecular weight excluding hydrogens is 238 g/mol. The van der Waals surface area contributed by atoms with Crippen molar-refractivity contribution in [2.24, 2.45) is 5.92 Å². The Kier molecular flexibility index (Phi) is 3.76. The second kappa shape index (κ2) is 5.51. The largest absolute Gasteiger partial charge is 0.493 e. The molecule has 1 N–H and O–H groups in total. The lowest BCUT2D eigenvalue weighted by Crippen LogP contribution is -2.33. The third-order valence-electron chi connectivity index (χ3n) is 4.17. The van der Waals surface area contributed by atoms with Crippen LogP contribution in [0.3, 0.4) is 0 Å². The molecule has 3 rings (SSSR count). The third-order valence-corrected chi connectivity index (χ3v) is 4.17. The quantitative estimate of drug-likeness (QED) is 0.854. The van der Waals surface area contributed by atoms with E-state index < -0.39 is 0 Å². The van der Waals surface area contributed by atoms with Crippen LogP contribution in [0.25, 0.3) is 0 Å². The van der Waals surface area contributed by atoms with E-state index in [4.69, 9.17) is 9.47 Å². The Morgan fingerprint density at radius 3 is 2.95 bits per heavy atom. The summed E-state index contributed by atoms with van der Waals surface area (Å²) in [5.74, 6) is 1.79. The Morgan fingerprint density at radius 1 is 1.42 bits per heavy atom. The number of benzene rings is 1. The molecule has 1 heterocycles. The van der Waals surface area contributed by atoms with E-state index in [0.29, 0.717) is 5.92 Å². The van der Waals surface area contributed by atoms with Gasteiger partial charge < -0.3 is 14.8 Å². The molecule has 2 aliphatic rings. The van der Waals surface area contributed by atoms with Gasteiger partial charge in [0.2, 0.25) is 0 Å². The standard InChI is InChI=1S/C16H23NO2/c1-3-18-16(12-7-8-12)14(17-2)13-6-4-5-11-9-10-19-15(11)13/h4-6,12,14,16-17H,3,7-10H2,1-2H3. The lowest BCUT2D eigenvalue weighted by Gasteiger charge is -2.28. The fourth-order valence-electron chi connectivity index (χ4n) is 3.10. The molecule has 2 atom stereocenters. The summed E-state index contributed by atoms with van der Waals surface area (Å²) in [7, 11) is 2.02. The highest BCUT2D eigenvalue weighted by molar-refractivity contribution is 5.46. The van der Waals surface area contributed by atoms with Gasteiger partial charge in [-0.05, 0) is 38.3 Å². The van der Waals surface area contributed by atoms with Gasteiger partial charge in [0.15, 0.2) is 0 Å². The summed E-state index contributed by atoms with van der Waals surface area (Å²) in [6.07, 6.45) is 3.88. The van der Waals surface area contributed by atoms with Gasteiger partial charge in [-0.1, -0.05) is 18.2 Å². The van der Waals surface area contributed by atoms with Crippen LogP contribution in [0.4, 0.5) is 0 Å². The molecule has 3 nitrogen and oxygen atoms in total. The zero-order valence-corrected chi connectivity index (χ0v) is 11.8. The summed E-state index contributed by atoms with van der Waals surface area (Å²) in [4.78, 5) is 0. The first-order chi connectivity index (χ1) is 9.35. The maximum Gasteiger partial charge on any atom is 0.127 e. The number of para-hydroxylation sites is 1. The van der Waals surface area contributed by atoms with Crippen molar-refractivity contribution in [3.05, 3.63) is 29.3 Å². The van der Waals surface area contributed by atoms with Crippen molar-refractivity contribution in [3.8, 4) is 5.75 Å². The van der Waals surface area contributed by atoms with Crippen LogP contribution in [-0.2, 0) is 11.2 Å². The lowest BCUT2D eigenvalue weighted by molar-refractivity contribution is 0.0199. The summed E-state index contributed by atoms with van der Waals surface area (Å²) in [6, 6.07) is 6.73. The fraction of sp³-hybridized carbons (Fsp3) is 0.625. The number of nitrogens with one attached hydrogen (secondary N) is 1. The topological polar surface area (TPSA) is 30.5 Å². The van der Waals surface area contributed by atoms with Crippen LogP contribution in [0.5, 0.6) is 5.75 Å². The van der Waals surface area contributed by atoms with Crippen molar-refractivity contribution >= 4 is 0 Å². The molecule has 0 spiro atoms. The van der Waals surface area contributed by atoms with Crippen molar-refractivity contribution in [1.82, 2.24) is 5.32 Å². The number of hydrogen-bond acceptors (Lipinski definition) is 3. The normalized spacial score (nSPS) is 20.7. The third kappa shape index (κ3) is 2.49. The van der Waals surface area contributed by atoms with E-state index in [-0.39, 0.29) is 12.1 Å². The van der Waals surface area contributed by atoms with Crippen LogP contribution in [0.2, 0.25) is 0 Å². The van der Waals surface area contributed by atoms with Gasteiger partial charge in [0.05, 0.1) is 18.8 Å². The van der Waals surface area contributed by atoms with Gasteiger partial charge in [-0.2, -0.15) is 0 Å². The van der Waals surface area contributed by atoms with Crippen LogP contribution < -0.4 is 10.1 Å². The van der Waals surface area contributed by atoms with Crippen LogP contribution in [0, 0.1) is 5.92 Å². The minimum Gasteiger partial charge on any atom is -0.493 e. The number of fused-ring (bicyclic) bond motifs is 1. The second-order valence-electron chi connectivity index (χ2n) is 5.46. The second-order valence-corrected chi connectivity index (χ2v) is 5.46. The van der Waals surface area contributed by atoms with Crippen molar-refractivity contribution in [2.45, 2.75) is 38.3 Å². The molecule has 0 radical (unpaired) electrons. The zero-order chi connectivity index (χ0) is 13.2. The van der Waals surface area contributed by atoms with Crippen molar-refractivity contribution in [2.75, 3.05) is 20.3 Å². The molecule has 1 fully saturated rings. The molecule has 0 bridgehead atoms. The molecule has 1 aliphatic heterocycles. The summed E-state index contributed by atoms with van der Waals surface area (Å²) in [6.45, 7) is 3.66. The van der Waals surface area contributed by atoms with E-state index in [1.807, 2.05) is 7.05 Å². The van der Waals surface area contributed by atoms with Crippen LogP contribution in [-0.4, -0.2) is 26.4 Å². The Balaban J connectivity index is 1.91. The maximum atomic E-state index is 6.02. The van der Waals surface area contributed by atoms with Gasteiger partial charge in [-0.15, -0.1) is 0 Å². The first-order valence-corrected chi connectivity index (χ1v) is 7.38. The average Bonchev–Trinajstić information content (AvgIpc) is 3.15. The predicted molar refractivity (Wildman–Crippen MR) is 75.6 cm³/mol. The van der Waals surface area contributed by atoms with Gasteiger partial charge in [0.1, 0.15) is 5.75 Å². The van der Waals surface area contributed by atoms with Crippen molar-refractivity contribution < 1.29 is 9.47 Å². The van der Waals surface area contributed by atoms with Gasteiger partial charge >= 0.3 is 0 Å². The fourth-order valence-corrected chi connectivity index (χ4v) is 3.10. The highest BCUT2D eigenvalue weighted by Crippen LogP contribution is 2.43. The number of likely N-dealkylation sites (N-methyl/N-ethyl adjacent to an activating group) is 1. The predicted octanol–water partition coefficient (Wildman–Crippen LogP) is 2.70. The van der Waals surface area contributed by atoms with E-state index in [1.165, 1.54) is 24.0 Å². The summed E-state index contributed by atoms with van der Waals surface area (Å²) in [5, 5.41) is 3.45. The van der Waals surface area contributed by atoms with Gasteiger partial charge in [-0.3, -0.25) is 0 Å². The molecule has 0 aromatic heterocycles. The number of rotatable bonds is 6. The minimum absolute atomic E-state index is 0.237. The molecular formula is C16H23NO2. The Labute approximate surface area is 115 Å². The monoisotopic (exact) mass is 261 g/mol. The Hall–Kier alpha value is -1.06. The number of ether oxygens (including phenoxy) is 2.